The molecular weight excluding hydrogens is 236 g/mol. The average molecular weight is 255 g/mol. The third-order valence-electron chi connectivity index (χ3n) is 1.52. The minimum absolute atomic E-state index is 0.000139. The molecule has 4 heteroatoms. The van der Waals surface area contributed by atoms with E-state index in [2.05, 4.69) is 15.9 Å². The Morgan fingerprint density at radius 1 is 1.00 bits per heavy atom. The molecule has 0 fully saturated rings. The molecule has 0 aromatic carbocycles. The number of halogens is 1. The van der Waals surface area contributed by atoms with Crippen LogP contribution in [-0.2, 0) is 14.2 Å². The topological polar surface area (TPSA) is 27.7 Å². The van der Waals surface area contributed by atoms with E-state index in [4.69, 9.17) is 14.2 Å². The predicted octanol–water partition coefficient (Wildman–Crippen LogP) is 2.53. The summed E-state index contributed by atoms with van der Waals surface area (Å²) in [5.74, 6) is -0.932. The van der Waals surface area contributed by atoms with Crippen molar-refractivity contribution in [2.45, 2.75) is 38.5 Å². The molecule has 0 N–H and O–H groups in total. The first-order valence-electron chi connectivity index (χ1n) is 4.68. The van der Waals surface area contributed by atoms with E-state index in [0.29, 0.717) is 19.8 Å². The smallest absolute Gasteiger partial charge is 0.295 e. The molecule has 0 heterocycles. The van der Waals surface area contributed by atoms with Crippen molar-refractivity contribution in [3.63, 3.8) is 0 Å². The van der Waals surface area contributed by atoms with Crippen LogP contribution in [0.5, 0.6) is 0 Å². The zero-order valence-electron chi connectivity index (χ0n) is 8.80. The van der Waals surface area contributed by atoms with Crippen LogP contribution < -0.4 is 0 Å². The van der Waals surface area contributed by atoms with Crippen LogP contribution in [-0.4, -0.2) is 30.6 Å². The van der Waals surface area contributed by atoms with Crippen LogP contribution in [0.4, 0.5) is 0 Å². The van der Waals surface area contributed by atoms with Gasteiger partial charge in [-0.15, -0.1) is 0 Å². The zero-order valence-corrected chi connectivity index (χ0v) is 10.4. The standard InChI is InChI=1S/C9H19BrO3/c1-5-11-9(8(4)10,12-6-2)13-7-3/h8H,5-7H2,1-4H3. The third-order valence-corrected chi connectivity index (χ3v) is 2.08. The van der Waals surface area contributed by atoms with Crippen LogP contribution in [0.2, 0.25) is 0 Å². The highest BCUT2D eigenvalue weighted by molar-refractivity contribution is 9.09. The molecule has 0 aliphatic carbocycles. The maximum atomic E-state index is 5.48. The fourth-order valence-electron chi connectivity index (χ4n) is 1.07. The largest absolute Gasteiger partial charge is 0.327 e. The summed E-state index contributed by atoms with van der Waals surface area (Å²) in [4.78, 5) is -0.000139. The molecular formula is C9H19BrO3. The van der Waals surface area contributed by atoms with E-state index in [-0.39, 0.29) is 4.83 Å². The van der Waals surface area contributed by atoms with Crippen LogP contribution >= 0.6 is 15.9 Å². The lowest BCUT2D eigenvalue weighted by Gasteiger charge is -2.34. The number of hydrogen-bond acceptors (Lipinski definition) is 3. The summed E-state index contributed by atoms with van der Waals surface area (Å²) in [7, 11) is 0. The highest BCUT2D eigenvalue weighted by Gasteiger charge is 2.37. The van der Waals surface area contributed by atoms with Crippen molar-refractivity contribution in [2.75, 3.05) is 19.8 Å². The fraction of sp³-hybridized carbons (Fsp3) is 1.00. The molecule has 3 nitrogen and oxygen atoms in total. The monoisotopic (exact) mass is 254 g/mol. The summed E-state index contributed by atoms with van der Waals surface area (Å²) < 4.78 is 16.4. The predicted molar refractivity (Wildman–Crippen MR) is 56.0 cm³/mol. The normalized spacial score (nSPS) is 14.5. The highest BCUT2D eigenvalue weighted by atomic mass is 79.9. The van der Waals surface area contributed by atoms with E-state index in [0.717, 1.165) is 0 Å². The van der Waals surface area contributed by atoms with Crippen molar-refractivity contribution in [3.05, 3.63) is 0 Å². The Morgan fingerprint density at radius 3 is 1.46 bits per heavy atom. The lowest BCUT2D eigenvalue weighted by Crippen LogP contribution is -2.46. The van der Waals surface area contributed by atoms with E-state index in [1.54, 1.807) is 0 Å². The number of alkyl halides is 1. The van der Waals surface area contributed by atoms with Gasteiger partial charge in [0, 0.05) is 19.8 Å². The first-order chi connectivity index (χ1) is 6.13. The maximum absolute atomic E-state index is 5.48. The van der Waals surface area contributed by atoms with Gasteiger partial charge >= 0.3 is 0 Å². The number of ether oxygens (including phenoxy) is 3. The van der Waals surface area contributed by atoms with Crippen LogP contribution in [0.3, 0.4) is 0 Å². The second kappa shape index (κ2) is 6.76. The average Bonchev–Trinajstić information content (AvgIpc) is 2.05. The molecule has 0 aliphatic rings. The molecule has 0 spiro atoms. The molecule has 0 bridgehead atoms. The quantitative estimate of drug-likeness (QED) is 0.517. The first-order valence-corrected chi connectivity index (χ1v) is 5.60. The van der Waals surface area contributed by atoms with Gasteiger partial charge in [0.15, 0.2) is 0 Å². The molecule has 1 unspecified atom stereocenters. The SMILES string of the molecule is CCOC(OCC)(OCC)C(C)Br. The van der Waals surface area contributed by atoms with Gasteiger partial charge in [0.25, 0.3) is 5.97 Å². The van der Waals surface area contributed by atoms with Crippen molar-refractivity contribution in [1.82, 2.24) is 0 Å². The molecule has 80 valence electrons. The molecule has 0 saturated carbocycles. The molecule has 0 radical (unpaired) electrons. The summed E-state index contributed by atoms with van der Waals surface area (Å²) in [6.45, 7) is 9.40. The highest BCUT2D eigenvalue weighted by Crippen LogP contribution is 2.25. The lowest BCUT2D eigenvalue weighted by atomic mass is 10.4. The molecule has 0 aromatic rings. The van der Waals surface area contributed by atoms with Gasteiger partial charge in [-0.3, -0.25) is 0 Å². The minimum Gasteiger partial charge on any atom is -0.327 e. The molecule has 0 amide bonds. The molecule has 0 aromatic heterocycles. The van der Waals surface area contributed by atoms with E-state index in [1.165, 1.54) is 0 Å². The van der Waals surface area contributed by atoms with Gasteiger partial charge in [-0.1, -0.05) is 15.9 Å². The van der Waals surface area contributed by atoms with Crippen molar-refractivity contribution in [2.24, 2.45) is 0 Å². The molecule has 0 saturated heterocycles. The van der Waals surface area contributed by atoms with Crippen LogP contribution in [0.1, 0.15) is 27.7 Å². The summed E-state index contributed by atoms with van der Waals surface area (Å²) in [6, 6.07) is 0. The zero-order chi connectivity index (χ0) is 10.3. The summed E-state index contributed by atoms with van der Waals surface area (Å²) in [5, 5.41) is 0. The number of hydrogen-bond donors (Lipinski definition) is 0. The second-order valence-corrected chi connectivity index (χ2v) is 3.89. The summed E-state index contributed by atoms with van der Waals surface area (Å²) in [5.41, 5.74) is 0. The van der Waals surface area contributed by atoms with E-state index < -0.39 is 5.97 Å². The molecule has 0 aliphatic heterocycles. The summed E-state index contributed by atoms with van der Waals surface area (Å²) in [6.07, 6.45) is 0. The Labute approximate surface area is 88.9 Å². The van der Waals surface area contributed by atoms with Gasteiger partial charge in [-0.25, -0.2) is 0 Å². The van der Waals surface area contributed by atoms with Gasteiger partial charge < -0.3 is 14.2 Å². The van der Waals surface area contributed by atoms with E-state index in [9.17, 15) is 0 Å². The van der Waals surface area contributed by atoms with Gasteiger partial charge in [-0.05, 0) is 27.7 Å². The van der Waals surface area contributed by atoms with Crippen LogP contribution in [0, 0.1) is 0 Å². The van der Waals surface area contributed by atoms with Gasteiger partial charge in [-0.2, -0.15) is 0 Å². The Hall–Kier alpha value is 0.360. The van der Waals surface area contributed by atoms with E-state index >= 15 is 0 Å². The van der Waals surface area contributed by atoms with Gasteiger partial charge in [0.1, 0.15) is 0 Å². The fourth-order valence-corrected chi connectivity index (χ4v) is 1.47. The Kier molecular flexibility index (Phi) is 6.95. The molecule has 1 atom stereocenters. The van der Waals surface area contributed by atoms with Crippen molar-refractivity contribution in [1.29, 1.82) is 0 Å². The van der Waals surface area contributed by atoms with Crippen molar-refractivity contribution in [3.8, 4) is 0 Å². The van der Waals surface area contributed by atoms with Crippen LogP contribution in [0.15, 0.2) is 0 Å². The minimum atomic E-state index is -0.932. The van der Waals surface area contributed by atoms with Gasteiger partial charge in [0.2, 0.25) is 0 Å². The second-order valence-electron chi connectivity index (χ2n) is 2.52. The lowest BCUT2D eigenvalue weighted by molar-refractivity contribution is -0.373. The Balaban J connectivity index is 4.38. The third kappa shape index (κ3) is 3.94. The molecule has 0 rings (SSSR count). The van der Waals surface area contributed by atoms with E-state index in [1.807, 2.05) is 27.7 Å². The Morgan fingerprint density at radius 2 is 1.31 bits per heavy atom. The van der Waals surface area contributed by atoms with Crippen molar-refractivity contribution >= 4 is 15.9 Å². The van der Waals surface area contributed by atoms with Crippen LogP contribution in [0.25, 0.3) is 0 Å². The summed E-state index contributed by atoms with van der Waals surface area (Å²) >= 11 is 3.43. The first kappa shape index (κ1) is 13.4. The van der Waals surface area contributed by atoms with Gasteiger partial charge in [0.05, 0.1) is 4.83 Å². The maximum Gasteiger partial charge on any atom is 0.295 e. The Bertz CT molecular complexity index is 111. The van der Waals surface area contributed by atoms with Crippen molar-refractivity contribution < 1.29 is 14.2 Å². The molecule has 13 heavy (non-hydrogen) atoms. The number of rotatable bonds is 7.